The van der Waals surface area contributed by atoms with Crippen LogP contribution in [0.2, 0.25) is 0 Å². The molecule has 0 aliphatic rings. The van der Waals surface area contributed by atoms with Gasteiger partial charge in [0.1, 0.15) is 6.63 Å². The van der Waals surface area contributed by atoms with Gasteiger partial charge in [-0.15, -0.1) is 0 Å². The molecule has 0 unspecified atom stereocenters. The van der Waals surface area contributed by atoms with Crippen LogP contribution in [0.1, 0.15) is 5.56 Å². The van der Waals surface area contributed by atoms with E-state index in [2.05, 4.69) is 0 Å². The van der Waals surface area contributed by atoms with Crippen molar-refractivity contribution in [3.63, 3.8) is 0 Å². The molecule has 0 nitrogen and oxygen atoms in total. The van der Waals surface area contributed by atoms with Crippen molar-refractivity contribution in [2.75, 3.05) is 0 Å². The second-order valence-corrected chi connectivity index (χ2v) is 7.26. The van der Waals surface area contributed by atoms with E-state index in [9.17, 15) is 13.2 Å². The van der Waals surface area contributed by atoms with E-state index in [0.29, 0.717) is 11.1 Å². The molecule has 19 heavy (non-hydrogen) atoms. The zero-order valence-electron chi connectivity index (χ0n) is 9.46. The molecule has 0 saturated carbocycles. The van der Waals surface area contributed by atoms with Gasteiger partial charge in [-0.05, 0) is 17.2 Å². The second kappa shape index (κ2) is 5.70. The Balaban J connectivity index is 2.69. The molecule has 100 valence electrons. The van der Waals surface area contributed by atoms with Crippen molar-refractivity contribution in [2.24, 2.45) is 0 Å². The van der Waals surface area contributed by atoms with Crippen molar-refractivity contribution in [2.45, 2.75) is 6.18 Å². The Morgan fingerprint density at radius 1 is 0.842 bits per heavy atom. The van der Waals surface area contributed by atoms with Gasteiger partial charge in [0, 0.05) is 5.30 Å². The van der Waals surface area contributed by atoms with Gasteiger partial charge < -0.3 is 0 Å². The third-order valence-electron chi connectivity index (χ3n) is 2.60. The first-order chi connectivity index (χ1) is 8.91. The maximum absolute atomic E-state index is 13.0. The van der Waals surface area contributed by atoms with Crippen LogP contribution < -0.4 is 5.30 Å². The van der Waals surface area contributed by atoms with Crippen LogP contribution in [0.25, 0.3) is 11.1 Å². The lowest BCUT2D eigenvalue weighted by Crippen LogP contribution is -2.18. The van der Waals surface area contributed by atoms with Crippen LogP contribution in [-0.4, -0.2) is 0 Å². The molecule has 6 heteroatoms. The van der Waals surface area contributed by atoms with Gasteiger partial charge in [0.05, 0.1) is 5.56 Å². The maximum Gasteiger partial charge on any atom is 0.417 e. The summed E-state index contributed by atoms with van der Waals surface area (Å²) in [6.07, 6.45) is -4.47. The molecule has 0 aliphatic heterocycles. The van der Waals surface area contributed by atoms with Gasteiger partial charge in [-0.25, -0.2) is 0 Å². The number of halogens is 5. The van der Waals surface area contributed by atoms with Crippen LogP contribution in [0.3, 0.4) is 0 Å². The van der Waals surface area contributed by atoms with Crippen LogP contribution in [0.4, 0.5) is 13.2 Å². The minimum Gasteiger partial charge on any atom is -0.166 e. The van der Waals surface area contributed by atoms with Crippen LogP contribution in [-0.2, 0) is 6.18 Å². The Kier molecular flexibility index (Phi) is 4.39. The Morgan fingerprint density at radius 2 is 1.47 bits per heavy atom. The van der Waals surface area contributed by atoms with Gasteiger partial charge in [-0.2, -0.15) is 13.2 Å². The lowest BCUT2D eigenvalue weighted by Gasteiger charge is -2.17. The highest BCUT2D eigenvalue weighted by atomic mass is 35.9. The molecule has 2 aromatic rings. The molecule has 0 amide bonds. The Morgan fingerprint density at radius 3 is 2.00 bits per heavy atom. The van der Waals surface area contributed by atoms with Gasteiger partial charge in [-0.1, -0.05) is 64.9 Å². The van der Waals surface area contributed by atoms with E-state index in [0.717, 1.165) is 6.07 Å². The molecule has 0 heterocycles. The minimum absolute atomic E-state index is 0.0421. The summed E-state index contributed by atoms with van der Waals surface area (Å²) in [6.45, 7) is -1.90. The average molecular weight is 323 g/mol. The average Bonchev–Trinajstić information content (AvgIpc) is 2.37. The van der Waals surface area contributed by atoms with E-state index in [4.69, 9.17) is 22.5 Å². The van der Waals surface area contributed by atoms with Gasteiger partial charge in [0.25, 0.3) is 0 Å². The summed E-state index contributed by atoms with van der Waals surface area (Å²) in [5.74, 6) is 0. The van der Waals surface area contributed by atoms with Crippen molar-refractivity contribution in [1.82, 2.24) is 0 Å². The van der Waals surface area contributed by atoms with Gasteiger partial charge >= 0.3 is 6.18 Å². The fraction of sp³-hybridized carbons (Fsp3) is 0.0769. The van der Waals surface area contributed by atoms with E-state index in [1.54, 1.807) is 36.4 Å². The summed E-state index contributed by atoms with van der Waals surface area (Å²) in [7, 11) is 0. The molecule has 2 aromatic carbocycles. The van der Waals surface area contributed by atoms with Gasteiger partial charge in [0.15, 0.2) is 0 Å². The van der Waals surface area contributed by atoms with E-state index in [-0.39, 0.29) is 5.30 Å². The van der Waals surface area contributed by atoms with Crippen molar-refractivity contribution >= 4 is 34.4 Å². The first-order valence-corrected chi connectivity index (χ1v) is 8.44. The largest absolute Gasteiger partial charge is 0.417 e. The molecule has 0 aliphatic carbocycles. The summed E-state index contributed by atoms with van der Waals surface area (Å²) in [5, 5.41) is -0.0421. The number of hydrogen-bond acceptors (Lipinski definition) is 0. The molecule has 0 radical (unpaired) electrons. The fourth-order valence-electron chi connectivity index (χ4n) is 1.81. The molecule has 0 aromatic heterocycles. The molecular formula is C13H8Cl2F3P. The summed E-state index contributed by atoms with van der Waals surface area (Å²) >= 11 is 11.6. The van der Waals surface area contributed by atoms with Gasteiger partial charge in [0.2, 0.25) is 0 Å². The summed E-state index contributed by atoms with van der Waals surface area (Å²) in [6, 6.07) is 12.7. The highest BCUT2D eigenvalue weighted by Crippen LogP contribution is 2.51. The third-order valence-corrected chi connectivity index (χ3v) is 4.43. The zero-order valence-corrected chi connectivity index (χ0v) is 11.9. The van der Waals surface area contributed by atoms with Gasteiger partial charge in [-0.3, -0.25) is 0 Å². The van der Waals surface area contributed by atoms with E-state index in [1.165, 1.54) is 6.07 Å². The Hall–Kier alpha value is -0.760. The molecule has 0 N–H and O–H groups in total. The lowest BCUT2D eigenvalue weighted by atomic mass is 10.0. The number of rotatable bonds is 2. The highest BCUT2D eigenvalue weighted by molar-refractivity contribution is 8.09. The van der Waals surface area contributed by atoms with E-state index < -0.39 is 18.4 Å². The summed E-state index contributed by atoms with van der Waals surface area (Å²) in [4.78, 5) is 0. The van der Waals surface area contributed by atoms with Crippen molar-refractivity contribution in [3.05, 3.63) is 54.1 Å². The third kappa shape index (κ3) is 3.22. The lowest BCUT2D eigenvalue weighted by molar-refractivity contribution is -0.136. The summed E-state index contributed by atoms with van der Waals surface area (Å²) in [5.41, 5.74) is 0.314. The zero-order chi connectivity index (χ0) is 14.0. The molecular weight excluding hydrogens is 315 g/mol. The summed E-state index contributed by atoms with van der Waals surface area (Å²) < 4.78 is 39.0. The minimum atomic E-state index is -4.47. The fourth-order valence-corrected chi connectivity index (χ4v) is 3.67. The predicted octanol–water partition coefficient (Wildman–Crippen LogP) is 5.79. The number of alkyl halides is 3. The molecule has 0 fully saturated rings. The molecule has 0 atom stereocenters. The second-order valence-electron chi connectivity index (χ2n) is 3.80. The molecule has 0 spiro atoms. The first-order valence-electron chi connectivity index (χ1n) is 5.28. The highest BCUT2D eigenvalue weighted by Gasteiger charge is 2.36. The van der Waals surface area contributed by atoms with Crippen molar-refractivity contribution in [3.8, 4) is 11.1 Å². The Labute approximate surface area is 119 Å². The Bertz CT molecular complexity index is 568. The van der Waals surface area contributed by atoms with Crippen LogP contribution in [0.15, 0.2) is 48.5 Å². The molecule has 0 saturated heterocycles. The first kappa shape index (κ1) is 14.6. The normalized spacial score (nSPS) is 11.9. The topological polar surface area (TPSA) is 0 Å². The molecule has 2 rings (SSSR count). The van der Waals surface area contributed by atoms with E-state index >= 15 is 0 Å². The van der Waals surface area contributed by atoms with Crippen LogP contribution in [0, 0.1) is 0 Å². The quantitative estimate of drug-likeness (QED) is 0.614. The standard InChI is InChI=1S/C13H8Cl2F3P/c14-19(15)12-10(9-5-2-1-3-6-9)7-4-8-11(12)13(16,17)18/h1-8H. The monoisotopic (exact) mass is 322 g/mol. The van der Waals surface area contributed by atoms with Crippen LogP contribution in [0.5, 0.6) is 0 Å². The van der Waals surface area contributed by atoms with Crippen molar-refractivity contribution < 1.29 is 13.2 Å². The number of benzene rings is 2. The smallest absolute Gasteiger partial charge is 0.166 e. The predicted molar refractivity (Wildman–Crippen MR) is 75.1 cm³/mol. The maximum atomic E-state index is 13.0. The van der Waals surface area contributed by atoms with Crippen LogP contribution >= 0.6 is 29.1 Å². The van der Waals surface area contributed by atoms with Crippen molar-refractivity contribution in [1.29, 1.82) is 0 Å². The molecule has 0 bridgehead atoms. The number of hydrogen-bond donors (Lipinski definition) is 0. The SMILES string of the molecule is FC(F)(F)c1cccc(-c2ccccc2)c1P(Cl)Cl. The van der Waals surface area contributed by atoms with E-state index in [1.807, 2.05) is 0 Å².